The summed E-state index contributed by atoms with van der Waals surface area (Å²) in [5.74, 6) is 0. The number of rotatable bonds is 1. The molecule has 1 atom stereocenters. The van der Waals surface area contributed by atoms with Crippen molar-refractivity contribution >= 4 is 33.7 Å². The minimum absolute atomic E-state index is 0.491. The molecule has 1 rings (SSSR count). The maximum Gasteiger partial charge on any atom is 0.187 e. The molecule has 1 unspecified atom stereocenters. The lowest BCUT2D eigenvalue weighted by Gasteiger charge is -1.99. The van der Waals surface area contributed by atoms with Gasteiger partial charge in [0.2, 0.25) is 0 Å². The first-order valence-electron chi connectivity index (χ1n) is 2.98. The van der Waals surface area contributed by atoms with Gasteiger partial charge in [0.15, 0.2) is 11.1 Å². The maximum atomic E-state index is 10.7. The largest absolute Gasteiger partial charge is 0.302 e. The Bertz CT molecular complexity index is 298. The standard InChI is InChI=1S/C7H7IO2S/c1-5-2-3-6(8)7(4-5)11(9)10/h2-4H,1H3,(H,9,10). The van der Waals surface area contributed by atoms with Crippen molar-refractivity contribution in [2.45, 2.75) is 11.8 Å². The molecule has 1 aromatic rings. The van der Waals surface area contributed by atoms with E-state index in [4.69, 9.17) is 4.55 Å². The predicted molar refractivity (Wildman–Crippen MR) is 52.9 cm³/mol. The van der Waals surface area contributed by atoms with Gasteiger partial charge in [-0.25, -0.2) is 4.21 Å². The summed E-state index contributed by atoms with van der Waals surface area (Å²) in [6.07, 6.45) is 0. The second-order valence-electron chi connectivity index (χ2n) is 2.18. The first kappa shape index (κ1) is 9.15. The van der Waals surface area contributed by atoms with Gasteiger partial charge in [-0.15, -0.1) is 0 Å². The van der Waals surface area contributed by atoms with E-state index in [1.54, 1.807) is 6.07 Å². The van der Waals surface area contributed by atoms with Gasteiger partial charge in [-0.05, 0) is 47.2 Å². The van der Waals surface area contributed by atoms with Crippen LogP contribution in [0.4, 0.5) is 0 Å². The molecule has 0 aromatic heterocycles. The van der Waals surface area contributed by atoms with E-state index in [-0.39, 0.29) is 0 Å². The van der Waals surface area contributed by atoms with Crippen LogP contribution in [0.5, 0.6) is 0 Å². The molecule has 1 N–H and O–H groups in total. The first-order chi connectivity index (χ1) is 5.11. The molecule has 0 aliphatic carbocycles. The summed E-state index contributed by atoms with van der Waals surface area (Å²) in [4.78, 5) is 0.491. The fraction of sp³-hybridized carbons (Fsp3) is 0.143. The highest BCUT2D eigenvalue weighted by molar-refractivity contribution is 14.1. The number of benzene rings is 1. The Morgan fingerprint density at radius 3 is 2.64 bits per heavy atom. The quantitative estimate of drug-likeness (QED) is 0.633. The third-order valence-corrected chi connectivity index (χ3v) is 3.30. The Balaban J connectivity index is 3.23. The Morgan fingerprint density at radius 2 is 2.18 bits per heavy atom. The molecular weight excluding hydrogens is 275 g/mol. The molecule has 0 aliphatic heterocycles. The molecule has 0 aliphatic rings. The van der Waals surface area contributed by atoms with E-state index in [2.05, 4.69) is 0 Å². The summed E-state index contributed by atoms with van der Waals surface area (Å²) in [6.45, 7) is 1.90. The predicted octanol–water partition coefficient (Wildman–Crippen LogP) is 2.18. The summed E-state index contributed by atoms with van der Waals surface area (Å²) in [5, 5.41) is 0. The normalized spacial score (nSPS) is 13.0. The molecule has 60 valence electrons. The minimum Gasteiger partial charge on any atom is -0.302 e. The summed E-state index contributed by atoms with van der Waals surface area (Å²) in [5.41, 5.74) is 1.00. The van der Waals surface area contributed by atoms with Gasteiger partial charge in [0, 0.05) is 3.57 Å². The summed E-state index contributed by atoms with van der Waals surface area (Å²) in [6, 6.07) is 5.47. The molecule has 0 radical (unpaired) electrons. The van der Waals surface area contributed by atoms with E-state index >= 15 is 0 Å². The maximum absolute atomic E-state index is 10.7. The second kappa shape index (κ2) is 3.64. The molecule has 2 nitrogen and oxygen atoms in total. The Kier molecular flexibility index (Phi) is 3.03. The average molecular weight is 282 g/mol. The van der Waals surface area contributed by atoms with E-state index in [9.17, 15) is 4.21 Å². The van der Waals surface area contributed by atoms with Gasteiger partial charge in [-0.3, -0.25) is 0 Å². The molecule has 0 saturated carbocycles. The summed E-state index contributed by atoms with van der Waals surface area (Å²) >= 11 is 0.181. The SMILES string of the molecule is Cc1ccc(I)c(S(=O)O)c1. The van der Waals surface area contributed by atoms with Crippen molar-refractivity contribution in [1.82, 2.24) is 0 Å². The topological polar surface area (TPSA) is 37.3 Å². The molecular formula is C7H7IO2S. The number of hydrogen-bond acceptors (Lipinski definition) is 1. The smallest absolute Gasteiger partial charge is 0.187 e. The van der Waals surface area contributed by atoms with Gasteiger partial charge >= 0.3 is 0 Å². The van der Waals surface area contributed by atoms with E-state index in [1.165, 1.54) is 0 Å². The fourth-order valence-electron chi connectivity index (χ4n) is 0.744. The number of aryl methyl sites for hydroxylation is 1. The van der Waals surface area contributed by atoms with Gasteiger partial charge in [-0.1, -0.05) is 6.07 Å². The van der Waals surface area contributed by atoms with E-state index in [0.29, 0.717) is 4.90 Å². The van der Waals surface area contributed by atoms with Crippen LogP contribution in [-0.4, -0.2) is 8.76 Å². The van der Waals surface area contributed by atoms with Crippen molar-refractivity contribution in [3.63, 3.8) is 0 Å². The molecule has 0 heterocycles. The van der Waals surface area contributed by atoms with Crippen LogP contribution in [0.15, 0.2) is 23.1 Å². The Hall–Kier alpha value is 0.0600. The van der Waals surface area contributed by atoms with E-state index in [0.717, 1.165) is 9.13 Å². The van der Waals surface area contributed by atoms with Crippen molar-refractivity contribution < 1.29 is 8.76 Å². The zero-order valence-corrected chi connectivity index (χ0v) is 8.85. The molecule has 11 heavy (non-hydrogen) atoms. The number of hydrogen-bond donors (Lipinski definition) is 1. The van der Waals surface area contributed by atoms with Crippen LogP contribution in [0.2, 0.25) is 0 Å². The van der Waals surface area contributed by atoms with Crippen LogP contribution < -0.4 is 0 Å². The summed E-state index contributed by atoms with van der Waals surface area (Å²) < 4.78 is 20.3. The molecule has 0 amide bonds. The minimum atomic E-state index is -1.86. The molecule has 0 spiro atoms. The zero-order valence-electron chi connectivity index (χ0n) is 5.87. The van der Waals surface area contributed by atoms with Crippen LogP contribution in [0.3, 0.4) is 0 Å². The average Bonchev–Trinajstić information content (AvgIpc) is 1.94. The third-order valence-electron chi connectivity index (χ3n) is 1.27. The Labute approximate surface area is 81.4 Å². The zero-order chi connectivity index (χ0) is 8.43. The van der Waals surface area contributed by atoms with E-state index < -0.39 is 11.1 Å². The molecule has 4 heteroatoms. The highest BCUT2D eigenvalue weighted by Crippen LogP contribution is 2.16. The van der Waals surface area contributed by atoms with Crippen LogP contribution in [0.1, 0.15) is 5.56 Å². The van der Waals surface area contributed by atoms with Gasteiger partial charge < -0.3 is 4.55 Å². The van der Waals surface area contributed by atoms with Gasteiger partial charge in [-0.2, -0.15) is 0 Å². The van der Waals surface area contributed by atoms with Crippen LogP contribution in [0.25, 0.3) is 0 Å². The number of halogens is 1. The molecule has 1 aromatic carbocycles. The van der Waals surface area contributed by atoms with Crippen molar-refractivity contribution in [3.8, 4) is 0 Å². The van der Waals surface area contributed by atoms with Crippen molar-refractivity contribution in [1.29, 1.82) is 0 Å². The van der Waals surface area contributed by atoms with Crippen LogP contribution in [-0.2, 0) is 11.1 Å². The van der Waals surface area contributed by atoms with Crippen molar-refractivity contribution in [2.75, 3.05) is 0 Å². The van der Waals surface area contributed by atoms with Gasteiger partial charge in [0.05, 0.1) is 4.90 Å². The first-order valence-corrected chi connectivity index (χ1v) is 5.17. The van der Waals surface area contributed by atoms with Crippen LogP contribution >= 0.6 is 22.6 Å². The van der Waals surface area contributed by atoms with Crippen LogP contribution in [0, 0.1) is 10.5 Å². The highest BCUT2D eigenvalue weighted by atomic mass is 127. The highest BCUT2D eigenvalue weighted by Gasteiger charge is 2.04. The lowest BCUT2D eigenvalue weighted by atomic mass is 10.2. The van der Waals surface area contributed by atoms with Gasteiger partial charge in [0.1, 0.15) is 0 Å². The van der Waals surface area contributed by atoms with Crippen molar-refractivity contribution in [2.24, 2.45) is 0 Å². The second-order valence-corrected chi connectivity index (χ2v) is 4.28. The monoisotopic (exact) mass is 282 g/mol. The fourth-order valence-corrected chi connectivity index (χ4v) is 2.17. The lowest BCUT2D eigenvalue weighted by molar-refractivity contribution is 0.563. The van der Waals surface area contributed by atoms with Gasteiger partial charge in [0.25, 0.3) is 0 Å². The molecule has 0 saturated heterocycles. The van der Waals surface area contributed by atoms with Crippen molar-refractivity contribution in [3.05, 3.63) is 27.3 Å². The third kappa shape index (κ3) is 2.25. The van der Waals surface area contributed by atoms with E-state index in [1.807, 2.05) is 41.6 Å². The summed E-state index contributed by atoms with van der Waals surface area (Å²) in [7, 11) is 0. The molecule has 0 fully saturated rings. The lowest BCUT2D eigenvalue weighted by Crippen LogP contribution is -1.92. The molecule has 0 bridgehead atoms. The Morgan fingerprint density at radius 1 is 1.55 bits per heavy atom.